The quantitative estimate of drug-likeness (QED) is 0.839. The fraction of sp³-hybridized carbons (Fsp3) is 0.625. The smallest absolute Gasteiger partial charge is 0.243 e. The molecule has 1 aromatic rings. The summed E-state index contributed by atoms with van der Waals surface area (Å²) in [5.41, 5.74) is 7.66. The lowest BCUT2D eigenvalue weighted by molar-refractivity contribution is 0.313. The van der Waals surface area contributed by atoms with Gasteiger partial charge in [0, 0.05) is 39.3 Å². The number of anilines is 2. The molecule has 2 aliphatic heterocycles. The molecule has 0 spiro atoms. The van der Waals surface area contributed by atoms with Crippen molar-refractivity contribution in [1.29, 1.82) is 0 Å². The van der Waals surface area contributed by atoms with Gasteiger partial charge in [-0.3, -0.25) is 0 Å². The predicted octanol–water partition coefficient (Wildman–Crippen LogP) is 1.20. The maximum absolute atomic E-state index is 12.7. The molecule has 2 heterocycles. The van der Waals surface area contributed by atoms with E-state index in [1.54, 1.807) is 16.4 Å². The molecule has 0 unspecified atom stereocenters. The molecule has 0 saturated carbocycles. The highest BCUT2D eigenvalue weighted by molar-refractivity contribution is 7.89. The van der Waals surface area contributed by atoms with Crippen molar-refractivity contribution in [3.8, 4) is 0 Å². The van der Waals surface area contributed by atoms with E-state index in [1.165, 1.54) is 0 Å². The lowest BCUT2D eigenvalue weighted by Crippen LogP contribution is -2.44. The molecule has 128 valence electrons. The van der Waals surface area contributed by atoms with Crippen LogP contribution in [0, 0.1) is 0 Å². The molecule has 2 N–H and O–H groups in total. The van der Waals surface area contributed by atoms with E-state index in [0.29, 0.717) is 23.7 Å². The van der Waals surface area contributed by atoms with Gasteiger partial charge in [0.05, 0.1) is 16.3 Å². The van der Waals surface area contributed by atoms with E-state index in [1.807, 2.05) is 6.07 Å². The second-order valence-electron chi connectivity index (χ2n) is 6.48. The van der Waals surface area contributed by atoms with Gasteiger partial charge in [0.15, 0.2) is 0 Å². The Kier molecular flexibility index (Phi) is 4.79. The summed E-state index contributed by atoms with van der Waals surface area (Å²) in [5.74, 6) is 0. The molecule has 2 saturated heterocycles. The number of nitrogens with zero attached hydrogens (tertiary/aromatic N) is 3. The number of hydrogen-bond acceptors (Lipinski definition) is 5. The molecule has 7 heteroatoms. The van der Waals surface area contributed by atoms with E-state index in [-0.39, 0.29) is 0 Å². The molecule has 1 aromatic carbocycles. The van der Waals surface area contributed by atoms with Crippen molar-refractivity contribution in [2.45, 2.75) is 24.2 Å². The van der Waals surface area contributed by atoms with Crippen LogP contribution in [0.3, 0.4) is 0 Å². The van der Waals surface area contributed by atoms with E-state index in [0.717, 1.165) is 51.1 Å². The monoisotopic (exact) mass is 338 g/mol. The number of nitrogen functional groups attached to an aromatic ring is 1. The number of piperidine rings is 1. The van der Waals surface area contributed by atoms with Gasteiger partial charge in [-0.15, -0.1) is 0 Å². The molecule has 0 bridgehead atoms. The summed E-state index contributed by atoms with van der Waals surface area (Å²) >= 11 is 0. The fourth-order valence-electron chi connectivity index (χ4n) is 3.28. The van der Waals surface area contributed by atoms with Crippen LogP contribution in [0.5, 0.6) is 0 Å². The number of likely N-dealkylation sites (N-methyl/N-ethyl adjacent to an activating group) is 1. The molecule has 0 radical (unpaired) electrons. The summed E-state index contributed by atoms with van der Waals surface area (Å²) < 4.78 is 27.0. The minimum Gasteiger partial charge on any atom is -0.397 e. The predicted molar refractivity (Wildman–Crippen MR) is 93.2 cm³/mol. The molecule has 0 atom stereocenters. The SMILES string of the molecule is CN1CCN(c2ccc(S(=O)(=O)N3CCCCC3)cc2N)CC1. The van der Waals surface area contributed by atoms with E-state index < -0.39 is 10.0 Å². The average Bonchev–Trinajstić information content (AvgIpc) is 2.56. The van der Waals surface area contributed by atoms with Crippen molar-refractivity contribution in [3.63, 3.8) is 0 Å². The van der Waals surface area contributed by atoms with E-state index in [9.17, 15) is 8.42 Å². The Hall–Kier alpha value is -1.31. The van der Waals surface area contributed by atoms with Crippen molar-refractivity contribution in [2.24, 2.45) is 0 Å². The van der Waals surface area contributed by atoms with Gasteiger partial charge in [-0.2, -0.15) is 4.31 Å². The van der Waals surface area contributed by atoms with Crippen molar-refractivity contribution >= 4 is 21.4 Å². The summed E-state index contributed by atoms with van der Waals surface area (Å²) in [7, 11) is -1.31. The topological polar surface area (TPSA) is 69.9 Å². The third-order valence-electron chi connectivity index (χ3n) is 4.80. The summed E-state index contributed by atoms with van der Waals surface area (Å²) in [4.78, 5) is 4.82. The van der Waals surface area contributed by atoms with Crippen molar-refractivity contribution in [1.82, 2.24) is 9.21 Å². The average molecular weight is 338 g/mol. The zero-order valence-corrected chi connectivity index (χ0v) is 14.6. The Balaban J connectivity index is 1.81. The van der Waals surface area contributed by atoms with Gasteiger partial charge >= 0.3 is 0 Å². The number of nitrogens with two attached hydrogens (primary N) is 1. The van der Waals surface area contributed by atoms with Gasteiger partial charge in [-0.1, -0.05) is 6.42 Å². The highest BCUT2D eigenvalue weighted by Gasteiger charge is 2.27. The van der Waals surface area contributed by atoms with Crippen LogP contribution in [-0.2, 0) is 10.0 Å². The van der Waals surface area contributed by atoms with Crippen molar-refractivity contribution in [3.05, 3.63) is 18.2 Å². The summed E-state index contributed by atoms with van der Waals surface area (Å²) in [5, 5.41) is 0. The lowest BCUT2D eigenvalue weighted by Gasteiger charge is -2.35. The maximum Gasteiger partial charge on any atom is 0.243 e. The van der Waals surface area contributed by atoms with Crippen LogP contribution in [0.2, 0.25) is 0 Å². The number of piperazine rings is 1. The first kappa shape index (κ1) is 16.5. The zero-order chi connectivity index (χ0) is 16.4. The Labute approximate surface area is 138 Å². The number of benzene rings is 1. The Morgan fingerprint density at radius 3 is 2.22 bits per heavy atom. The highest BCUT2D eigenvalue weighted by atomic mass is 32.2. The van der Waals surface area contributed by atoms with Gasteiger partial charge in [0.2, 0.25) is 10.0 Å². The molecule has 2 aliphatic rings. The Bertz CT molecular complexity index is 648. The molecular weight excluding hydrogens is 312 g/mol. The summed E-state index contributed by atoms with van der Waals surface area (Å²) in [6.07, 6.45) is 2.98. The van der Waals surface area contributed by atoms with E-state index in [2.05, 4.69) is 16.8 Å². The van der Waals surface area contributed by atoms with Crippen LogP contribution in [0.4, 0.5) is 11.4 Å². The van der Waals surface area contributed by atoms with Gasteiger partial charge in [-0.25, -0.2) is 8.42 Å². The number of rotatable bonds is 3. The second kappa shape index (κ2) is 6.67. The minimum absolute atomic E-state index is 0.315. The highest BCUT2D eigenvalue weighted by Crippen LogP contribution is 2.29. The maximum atomic E-state index is 12.7. The largest absolute Gasteiger partial charge is 0.397 e. The van der Waals surface area contributed by atoms with Crippen LogP contribution in [0.25, 0.3) is 0 Å². The van der Waals surface area contributed by atoms with Gasteiger partial charge in [-0.05, 0) is 38.1 Å². The lowest BCUT2D eigenvalue weighted by atomic mass is 10.2. The van der Waals surface area contributed by atoms with Crippen molar-refractivity contribution in [2.75, 3.05) is 56.9 Å². The van der Waals surface area contributed by atoms with E-state index in [4.69, 9.17) is 5.73 Å². The fourth-order valence-corrected chi connectivity index (χ4v) is 4.84. The van der Waals surface area contributed by atoms with Crippen molar-refractivity contribution < 1.29 is 8.42 Å². The number of hydrogen-bond donors (Lipinski definition) is 1. The van der Waals surface area contributed by atoms with Gasteiger partial charge in [0.1, 0.15) is 0 Å². The molecular formula is C16H26N4O2S. The Morgan fingerprint density at radius 2 is 1.61 bits per heavy atom. The zero-order valence-electron chi connectivity index (χ0n) is 13.7. The van der Waals surface area contributed by atoms with Crippen LogP contribution in [0.15, 0.2) is 23.1 Å². The molecule has 3 rings (SSSR count). The molecule has 6 nitrogen and oxygen atoms in total. The third kappa shape index (κ3) is 3.46. The normalized spacial score (nSPS) is 21.5. The third-order valence-corrected chi connectivity index (χ3v) is 6.69. The molecule has 2 fully saturated rings. The van der Waals surface area contributed by atoms with E-state index >= 15 is 0 Å². The second-order valence-corrected chi connectivity index (χ2v) is 8.41. The first-order valence-electron chi connectivity index (χ1n) is 8.31. The standard InChI is InChI=1S/C16H26N4O2S/c1-18-9-11-19(12-10-18)16-6-5-14(13-15(16)17)23(21,22)20-7-3-2-4-8-20/h5-6,13H,2-4,7-12,17H2,1H3. The molecule has 0 amide bonds. The minimum atomic E-state index is -3.41. The number of sulfonamides is 1. The van der Waals surface area contributed by atoms with Gasteiger partial charge in [0.25, 0.3) is 0 Å². The van der Waals surface area contributed by atoms with Crippen LogP contribution in [0.1, 0.15) is 19.3 Å². The summed E-state index contributed by atoms with van der Waals surface area (Å²) in [6, 6.07) is 5.18. The summed E-state index contributed by atoms with van der Waals surface area (Å²) in [6.45, 7) is 5.04. The van der Waals surface area contributed by atoms with Crippen LogP contribution in [-0.4, -0.2) is 63.9 Å². The van der Waals surface area contributed by atoms with Crippen LogP contribution < -0.4 is 10.6 Å². The molecule has 0 aromatic heterocycles. The molecule has 0 aliphatic carbocycles. The first-order valence-corrected chi connectivity index (χ1v) is 9.75. The molecule has 23 heavy (non-hydrogen) atoms. The van der Waals surface area contributed by atoms with Crippen LogP contribution >= 0.6 is 0 Å². The first-order chi connectivity index (χ1) is 11.0. The Morgan fingerprint density at radius 1 is 0.957 bits per heavy atom. The van der Waals surface area contributed by atoms with Gasteiger partial charge < -0.3 is 15.5 Å².